The van der Waals surface area contributed by atoms with Gasteiger partial charge in [-0.3, -0.25) is 4.79 Å². The zero-order chi connectivity index (χ0) is 20.0. The lowest BCUT2D eigenvalue weighted by Gasteiger charge is -2.39. The smallest absolute Gasteiger partial charge is 0.273 e. The molecule has 0 radical (unpaired) electrons. The van der Waals surface area contributed by atoms with Gasteiger partial charge in [-0.2, -0.15) is 4.31 Å². The van der Waals surface area contributed by atoms with Crippen LogP contribution >= 0.6 is 0 Å². The fourth-order valence-electron chi connectivity index (χ4n) is 5.33. The molecule has 9 heteroatoms. The van der Waals surface area contributed by atoms with Crippen molar-refractivity contribution < 1.29 is 17.7 Å². The summed E-state index contributed by atoms with van der Waals surface area (Å²) in [6, 6.07) is 1.79. The minimum absolute atomic E-state index is 0.00743. The van der Waals surface area contributed by atoms with Crippen LogP contribution in [0.4, 0.5) is 0 Å². The number of fused-ring (bicyclic) bond motifs is 2. The highest BCUT2D eigenvalue weighted by molar-refractivity contribution is 7.89. The van der Waals surface area contributed by atoms with Crippen LogP contribution in [-0.4, -0.2) is 60.3 Å². The van der Waals surface area contributed by atoms with Crippen molar-refractivity contribution >= 4 is 15.9 Å². The second-order valence-corrected chi connectivity index (χ2v) is 11.1. The first-order valence-corrected chi connectivity index (χ1v) is 12.6. The maximum absolute atomic E-state index is 13.1. The van der Waals surface area contributed by atoms with Crippen molar-refractivity contribution in [2.75, 3.05) is 12.3 Å². The fraction of sp³-hybridized carbons (Fsp3) is 0.800. The molecule has 4 atom stereocenters. The number of carbonyl (C=O) groups is 1. The minimum Gasteiger partial charge on any atom is -0.360 e. The first-order chi connectivity index (χ1) is 14.0. The molecule has 4 fully saturated rings. The van der Waals surface area contributed by atoms with Gasteiger partial charge >= 0.3 is 0 Å². The highest BCUT2D eigenvalue weighted by Gasteiger charge is 2.47. The van der Waals surface area contributed by atoms with E-state index >= 15 is 0 Å². The minimum atomic E-state index is -3.29. The summed E-state index contributed by atoms with van der Waals surface area (Å²) in [5.74, 6) is 1.20. The van der Waals surface area contributed by atoms with Crippen molar-refractivity contribution in [3.8, 4) is 0 Å². The topological polar surface area (TPSA) is 105 Å². The van der Waals surface area contributed by atoms with Crippen LogP contribution < -0.4 is 10.6 Å². The lowest BCUT2D eigenvalue weighted by Crippen LogP contribution is -2.54. The molecule has 5 rings (SSSR count). The Kier molecular flexibility index (Phi) is 5.16. The van der Waals surface area contributed by atoms with Gasteiger partial charge in [-0.05, 0) is 57.9 Å². The van der Waals surface area contributed by atoms with Gasteiger partial charge in [-0.1, -0.05) is 11.6 Å². The first-order valence-electron chi connectivity index (χ1n) is 11.0. The number of nitrogens with zero attached hydrogens (tertiary/aromatic N) is 2. The zero-order valence-corrected chi connectivity index (χ0v) is 17.5. The Morgan fingerprint density at radius 2 is 1.93 bits per heavy atom. The standard InChI is InChI=1S/C20H30N4O4S/c25-20(18-11-19(28-23-18)13-4-5-13)22-15-9-16-6-7-17(10-15)24(16)29(26,27)12-14-3-1-2-8-21-14/h11,13-17,21H,1-10,12H2,(H,22,25)/t14-,15-,16+,17-/m1/s1. The summed E-state index contributed by atoms with van der Waals surface area (Å²) in [6.07, 6.45) is 8.46. The molecule has 4 heterocycles. The van der Waals surface area contributed by atoms with E-state index in [0.29, 0.717) is 24.5 Å². The van der Waals surface area contributed by atoms with E-state index in [9.17, 15) is 13.2 Å². The van der Waals surface area contributed by atoms with Crippen LogP contribution in [0.15, 0.2) is 10.6 Å². The molecule has 8 nitrogen and oxygen atoms in total. The van der Waals surface area contributed by atoms with Crippen LogP contribution in [0.5, 0.6) is 0 Å². The molecule has 0 spiro atoms. The molecule has 3 saturated heterocycles. The molecule has 1 aromatic heterocycles. The van der Waals surface area contributed by atoms with Gasteiger partial charge in [-0.15, -0.1) is 0 Å². The molecule has 1 aromatic rings. The Morgan fingerprint density at radius 3 is 2.59 bits per heavy atom. The summed E-state index contributed by atoms with van der Waals surface area (Å²) in [7, 11) is -3.29. The maximum atomic E-state index is 13.1. The number of nitrogens with one attached hydrogen (secondary N) is 2. The Morgan fingerprint density at radius 1 is 1.17 bits per heavy atom. The fourth-order valence-corrected chi connectivity index (χ4v) is 7.59. The van der Waals surface area contributed by atoms with E-state index in [-0.39, 0.29) is 35.8 Å². The summed E-state index contributed by atoms with van der Waals surface area (Å²) in [5, 5.41) is 10.3. The molecule has 3 aliphatic heterocycles. The van der Waals surface area contributed by atoms with Crippen LogP contribution in [-0.2, 0) is 10.0 Å². The summed E-state index contributed by atoms with van der Waals surface area (Å²) >= 11 is 0. The molecule has 4 aliphatic rings. The third kappa shape index (κ3) is 4.09. The van der Waals surface area contributed by atoms with Gasteiger partial charge in [0.2, 0.25) is 10.0 Å². The molecule has 2 N–H and O–H groups in total. The second-order valence-electron chi connectivity index (χ2n) is 9.17. The molecule has 0 aromatic carbocycles. The van der Waals surface area contributed by atoms with Crippen molar-refractivity contribution in [2.24, 2.45) is 0 Å². The number of hydrogen-bond acceptors (Lipinski definition) is 6. The first kappa shape index (κ1) is 19.5. The lowest BCUT2D eigenvalue weighted by molar-refractivity contribution is 0.0900. The number of sulfonamides is 1. The predicted octanol–water partition coefficient (Wildman–Crippen LogP) is 1.75. The number of piperidine rings is 2. The zero-order valence-electron chi connectivity index (χ0n) is 16.7. The average molecular weight is 423 g/mol. The average Bonchev–Trinajstić information content (AvgIpc) is 3.34. The Balaban J connectivity index is 1.20. The van der Waals surface area contributed by atoms with E-state index in [2.05, 4.69) is 15.8 Å². The van der Waals surface area contributed by atoms with Crippen LogP contribution in [0.25, 0.3) is 0 Å². The number of rotatable bonds is 6. The maximum Gasteiger partial charge on any atom is 0.273 e. The molecule has 1 amide bonds. The van der Waals surface area contributed by atoms with E-state index in [0.717, 1.165) is 57.3 Å². The summed E-state index contributed by atoms with van der Waals surface area (Å²) in [6.45, 7) is 0.908. The molecule has 160 valence electrons. The Labute approximate surface area is 171 Å². The van der Waals surface area contributed by atoms with E-state index in [1.165, 1.54) is 0 Å². The van der Waals surface area contributed by atoms with E-state index in [4.69, 9.17) is 4.52 Å². The third-order valence-corrected chi connectivity index (χ3v) is 8.95. The summed E-state index contributed by atoms with van der Waals surface area (Å²) in [5.41, 5.74) is 0.331. The summed E-state index contributed by atoms with van der Waals surface area (Å²) < 4.78 is 33.3. The molecular formula is C20H30N4O4S. The van der Waals surface area contributed by atoms with Gasteiger partial charge in [0.1, 0.15) is 5.76 Å². The SMILES string of the molecule is O=C(N[C@H]1C[C@H]2CC[C@@H](C1)N2S(=O)(=O)C[C@H]1CCCCN1)c1cc(C2CC2)on1. The Hall–Kier alpha value is -1.45. The lowest BCUT2D eigenvalue weighted by atomic mass is 9.99. The van der Waals surface area contributed by atoms with Crippen molar-refractivity contribution in [1.29, 1.82) is 0 Å². The van der Waals surface area contributed by atoms with Gasteiger partial charge in [0, 0.05) is 36.2 Å². The van der Waals surface area contributed by atoms with Crippen molar-refractivity contribution in [1.82, 2.24) is 20.1 Å². The quantitative estimate of drug-likeness (QED) is 0.724. The molecular weight excluding hydrogens is 392 g/mol. The van der Waals surface area contributed by atoms with Crippen molar-refractivity contribution in [2.45, 2.75) is 87.9 Å². The highest BCUT2D eigenvalue weighted by Crippen LogP contribution is 2.40. The predicted molar refractivity (Wildman–Crippen MR) is 107 cm³/mol. The second kappa shape index (κ2) is 7.67. The third-order valence-electron chi connectivity index (χ3n) is 6.89. The van der Waals surface area contributed by atoms with Gasteiger partial charge in [-0.25, -0.2) is 8.42 Å². The number of hydrogen-bond donors (Lipinski definition) is 2. The normalized spacial score (nSPS) is 33.0. The largest absolute Gasteiger partial charge is 0.360 e. The summed E-state index contributed by atoms with van der Waals surface area (Å²) in [4.78, 5) is 12.6. The van der Waals surface area contributed by atoms with Crippen LogP contribution in [0.1, 0.15) is 80.0 Å². The number of aromatic nitrogens is 1. The van der Waals surface area contributed by atoms with E-state index in [1.807, 2.05) is 0 Å². The molecule has 1 aliphatic carbocycles. The number of amides is 1. The van der Waals surface area contributed by atoms with Crippen LogP contribution in [0.3, 0.4) is 0 Å². The van der Waals surface area contributed by atoms with E-state index < -0.39 is 10.0 Å². The van der Waals surface area contributed by atoms with Crippen LogP contribution in [0, 0.1) is 0 Å². The highest BCUT2D eigenvalue weighted by atomic mass is 32.2. The molecule has 0 unspecified atom stereocenters. The van der Waals surface area contributed by atoms with Crippen molar-refractivity contribution in [3.63, 3.8) is 0 Å². The Bertz CT molecular complexity index is 846. The van der Waals surface area contributed by atoms with Crippen molar-refractivity contribution in [3.05, 3.63) is 17.5 Å². The molecule has 29 heavy (non-hydrogen) atoms. The van der Waals surface area contributed by atoms with Gasteiger partial charge in [0.05, 0.1) is 5.75 Å². The van der Waals surface area contributed by atoms with Gasteiger partial charge in [0.25, 0.3) is 5.91 Å². The van der Waals surface area contributed by atoms with Gasteiger partial charge < -0.3 is 15.2 Å². The molecule has 1 saturated carbocycles. The monoisotopic (exact) mass is 422 g/mol. The van der Waals surface area contributed by atoms with Gasteiger partial charge in [0.15, 0.2) is 5.69 Å². The number of carbonyl (C=O) groups excluding carboxylic acids is 1. The molecule has 2 bridgehead atoms. The van der Waals surface area contributed by atoms with E-state index in [1.54, 1.807) is 10.4 Å². The van der Waals surface area contributed by atoms with Crippen LogP contribution in [0.2, 0.25) is 0 Å².